The lowest BCUT2D eigenvalue weighted by molar-refractivity contribution is 0.976. The Kier molecular flexibility index (Phi) is 1.31. The summed E-state index contributed by atoms with van der Waals surface area (Å²) in [6, 6.07) is 0. The zero-order chi connectivity index (χ0) is 5.11. The highest BCUT2D eigenvalue weighted by Crippen LogP contribution is 2.02. The van der Waals surface area contributed by atoms with Gasteiger partial charge in [-0.25, -0.2) is 0 Å². The molecule has 0 fully saturated rings. The van der Waals surface area contributed by atoms with E-state index < -0.39 is 0 Å². The van der Waals surface area contributed by atoms with Gasteiger partial charge in [-0.1, -0.05) is 11.8 Å². The number of thioether (sulfide) groups is 1. The van der Waals surface area contributed by atoms with Crippen LogP contribution >= 0.6 is 11.8 Å². The van der Waals surface area contributed by atoms with E-state index in [4.69, 9.17) is 0 Å². The van der Waals surface area contributed by atoms with Gasteiger partial charge in [0.15, 0.2) is 5.16 Å². The largest absolute Gasteiger partial charge is 0.254 e. The van der Waals surface area contributed by atoms with Crippen LogP contribution in [-0.2, 0) is 0 Å². The molecule has 0 atom stereocenters. The monoisotopic (exact) mass is 114 g/mol. The van der Waals surface area contributed by atoms with E-state index in [0.717, 1.165) is 5.16 Å². The van der Waals surface area contributed by atoms with Crippen molar-refractivity contribution in [3.8, 4) is 0 Å². The van der Waals surface area contributed by atoms with Gasteiger partial charge in [0.2, 0.25) is 6.33 Å². The van der Waals surface area contributed by atoms with Gasteiger partial charge < -0.3 is 0 Å². The van der Waals surface area contributed by atoms with Crippen LogP contribution in [-0.4, -0.2) is 21.4 Å². The van der Waals surface area contributed by atoms with Crippen molar-refractivity contribution in [3.05, 3.63) is 6.33 Å². The van der Waals surface area contributed by atoms with Gasteiger partial charge >= 0.3 is 0 Å². The first kappa shape index (κ1) is 4.64. The van der Waals surface area contributed by atoms with Gasteiger partial charge in [0.05, 0.1) is 0 Å². The fraction of sp³-hybridized carbons (Fsp3) is 0.333. The highest BCUT2D eigenvalue weighted by molar-refractivity contribution is 7.98. The molecule has 1 aromatic rings. The van der Waals surface area contributed by atoms with E-state index >= 15 is 0 Å². The Morgan fingerprint density at radius 1 is 1.86 bits per heavy atom. The van der Waals surface area contributed by atoms with Gasteiger partial charge in [-0.3, -0.25) is 5.10 Å². The topological polar surface area (TPSA) is 41.6 Å². The molecule has 0 amide bonds. The Morgan fingerprint density at radius 2 is 2.71 bits per heavy atom. The first-order valence-corrected chi connectivity index (χ1v) is 2.98. The maximum atomic E-state index is 3.71. The average Bonchev–Trinajstić information content (AvgIpc) is 2.14. The molecule has 0 aliphatic heterocycles. The zero-order valence-electron chi connectivity index (χ0n) is 3.80. The van der Waals surface area contributed by atoms with Crippen molar-refractivity contribution >= 4 is 11.8 Å². The molecule has 0 aliphatic carbocycles. The lowest BCUT2D eigenvalue weighted by Crippen LogP contribution is -1.68. The van der Waals surface area contributed by atoms with Crippen molar-refractivity contribution in [1.82, 2.24) is 15.2 Å². The van der Waals surface area contributed by atoms with Gasteiger partial charge in [-0.05, 0) is 6.26 Å². The smallest absolute Gasteiger partial charge is 0.221 e. The molecular formula is C3H4N3S. The zero-order valence-corrected chi connectivity index (χ0v) is 4.62. The first-order chi connectivity index (χ1) is 3.43. The van der Waals surface area contributed by atoms with Crippen LogP contribution in [0.3, 0.4) is 0 Å². The third-order valence-corrected chi connectivity index (χ3v) is 1.12. The summed E-state index contributed by atoms with van der Waals surface area (Å²) < 4.78 is 0. The lowest BCUT2D eigenvalue weighted by Gasteiger charge is -1.77. The molecule has 1 rings (SSSR count). The quantitative estimate of drug-likeness (QED) is 0.535. The summed E-state index contributed by atoms with van der Waals surface area (Å²) in [6.45, 7) is 0. The minimum absolute atomic E-state index is 0.806. The first-order valence-electron chi connectivity index (χ1n) is 1.76. The van der Waals surface area contributed by atoms with Gasteiger partial charge in [0.1, 0.15) is 0 Å². The van der Waals surface area contributed by atoms with Crippen LogP contribution in [0.25, 0.3) is 0 Å². The molecule has 0 unspecified atom stereocenters. The Balaban J connectivity index is 2.76. The predicted octanol–water partition coefficient (Wildman–Crippen LogP) is 0.327. The number of rotatable bonds is 1. The Bertz CT molecular complexity index is 125. The van der Waals surface area contributed by atoms with E-state index in [0.29, 0.717) is 0 Å². The number of H-pyrrole nitrogens is 1. The van der Waals surface area contributed by atoms with Crippen molar-refractivity contribution in [2.24, 2.45) is 0 Å². The minimum atomic E-state index is 0.806. The summed E-state index contributed by atoms with van der Waals surface area (Å²) >= 11 is 1.52. The normalized spacial score (nSPS) is 9.29. The van der Waals surface area contributed by atoms with Crippen molar-refractivity contribution in [2.75, 3.05) is 6.26 Å². The van der Waals surface area contributed by atoms with E-state index in [1.807, 2.05) is 6.26 Å². The van der Waals surface area contributed by atoms with E-state index in [2.05, 4.69) is 21.5 Å². The number of nitrogens with one attached hydrogen (secondary N) is 1. The second kappa shape index (κ2) is 1.97. The molecule has 0 saturated heterocycles. The molecule has 0 aliphatic rings. The number of hydrogen-bond acceptors (Lipinski definition) is 3. The van der Waals surface area contributed by atoms with Crippen molar-refractivity contribution in [3.63, 3.8) is 0 Å². The summed E-state index contributed by atoms with van der Waals surface area (Å²) in [6.07, 6.45) is 4.33. The van der Waals surface area contributed by atoms with Crippen LogP contribution in [0.5, 0.6) is 0 Å². The summed E-state index contributed by atoms with van der Waals surface area (Å²) in [4.78, 5) is 3.71. The summed E-state index contributed by atoms with van der Waals surface area (Å²) in [5.74, 6) is 0. The molecule has 0 spiro atoms. The lowest BCUT2D eigenvalue weighted by atomic mass is 11.3. The maximum absolute atomic E-state index is 3.71. The molecule has 4 heteroatoms. The fourth-order valence-electron chi connectivity index (χ4n) is 0.260. The molecule has 37 valence electrons. The van der Waals surface area contributed by atoms with E-state index in [1.165, 1.54) is 11.8 Å². The number of nitrogens with zero attached hydrogens (tertiary/aromatic N) is 2. The van der Waals surface area contributed by atoms with E-state index in [1.54, 1.807) is 0 Å². The van der Waals surface area contributed by atoms with Crippen molar-refractivity contribution < 1.29 is 0 Å². The minimum Gasteiger partial charge on any atom is -0.254 e. The number of aromatic nitrogens is 3. The summed E-state index contributed by atoms with van der Waals surface area (Å²) in [5.41, 5.74) is 0. The van der Waals surface area contributed by atoms with Crippen LogP contribution in [0, 0.1) is 6.33 Å². The fourth-order valence-corrected chi connectivity index (χ4v) is 0.529. The van der Waals surface area contributed by atoms with Crippen LogP contribution in [0.15, 0.2) is 5.16 Å². The second-order valence-corrected chi connectivity index (χ2v) is 1.74. The second-order valence-electron chi connectivity index (χ2n) is 0.945. The van der Waals surface area contributed by atoms with Crippen LogP contribution in [0.2, 0.25) is 0 Å². The van der Waals surface area contributed by atoms with E-state index in [9.17, 15) is 0 Å². The Labute approximate surface area is 45.5 Å². The molecular weight excluding hydrogens is 110 g/mol. The standard InChI is InChI=1S/C3H4N3S/c1-7-3-4-2-5-6-3/h1H3,(H,4,5,6). The maximum Gasteiger partial charge on any atom is 0.221 e. The molecule has 1 N–H and O–H groups in total. The molecule has 1 aromatic heterocycles. The molecule has 7 heavy (non-hydrogen) atoms. The molecule has 0 saturated carbocycles. The Hall–Kier alpha value is -0.510. The van der Waals surface area contributed by atoms with Crippen LogP contribution < -0.4 is 0 Å². The molecule has 3 nitrogen and oxygen atoms in total. The number of aromatic amines is 1. The van der Waals surface area contributed by atoms with Gasteiger partial charge in [-0.15, -0.1) is 5.10 Å². The SMILES string of the molecule is CSc1n[c]n[nH]1. The van der Waals surface area contributed by atoms with Crippen molar-refractivity contribution in [1.29, 1.82) is 0 Å². The third-order valence-electron chi connectivity index (χ3n) is 0.546. The number of hydrogen-bond donors (Lipinski definition) is 1. The highest BCUT2D eigenvalue weighted by Gasteiger charge is 1.85. The third kappa shape index (κ3) is 0.928. The predicted molar refractivity (Wildman–Crippen MR) is 27.0 cm³/mol. The molecule has 0 bridgehead atoms. The molecule has 1 radical (unpaired) electrons. The van der Waals surface area contributed by atoms with Gasteiger partial charge in [0.25, 0.3) is 0 Å². The Morgan fingerprint density at radius 3 is 3.00 bits per heavy atom. The highest BCUT2D eigenvalue weighted by atomic mass is 32.2. The average molecular weight is 114 g/mol. The van der Waals surface area contributed by atoms with Gasteiger partial charge in [-0.2, -0.15) is 4.98 Å². The summed E-state index contributed by atoms with van der Waals surface area (Å²) in [5, 5.41) is 6.95. The van der Waals surface area contributed by atoms with E-state index in [-0.39, 0.29) is 0 Å². The molecule has 0 aromatic carbocycles. The van der Waals surface area contributed by atoms with Crippen LogP contribution in [0.1, 0.15) is 0 Å². The van der Waals surface area contributed by atoms with Crippen molar-refractivity contribution in [2.45, 2.75) is 5.16 Å². The van der Waals surface area contributed by atoms with Crippen LogP contribution in [0.4, 0.5) is 0 Å². The summed E-state index contributed by atoms with van der Waals surface area (Å²) in [7, 11) is 0. The molecule has 1 heterocycles. The van der Waals surface area contributed by atoms with Gasteiger partial charge in [0, 0.05) is 0 Å².